The normalized spacial score (nSPS) is 12.5. The van der Waals surface area contributed by atoms with Crippen LogP contribution >= 0.6 is 0 Å². The molecule has 0 rings (SSSR count). The summed E-state index contributed by atoms with van der Waals surface area (Å²) in [7, 11) is 0. The van der Waals surface area contributed by atoms with Crippen molar-refractivity contribution in [3.63, 3.8) is 0 Å². The molecule has 0 aromatic rings. The molecule has 0 bridgehead atoms. The van der Waals surface area contributed by atoms with E-state index in [1.54, 1.807) is 0 Å². The summed E-state index contributed by atoms with van der Waals surface area (Å²) in [4.78, 5) is 23.2. The second-order valence-electron chi connectivity index (χ2n) is 11.3. The molecule has 4 nitrogen and oxygen atoms in total. The molecule has 0 aliphatic heterocycles. The van der Waals surface area contributed by atoms with Crippen LogP contribution in [0.1, 0.15) is 181 Å². The summed E-state index contributed by atoms with van der Waals surface area (Å²) in [6.45, 7) is 4.47. The highest BCUT2D eigenvalue weighted by molar-refractivity contribution is 5.69. The standard InChI is InChI=1S/C35H64O4/c1-3-5-7-9-11-13-15-16-18-21-25-29-33(30-26-22-20-23-27-31-34(36)37)39-35(38)32-28-24-19-17-14-12-10-8-6-4-2/h8,10,16,18,33H,3-7,9,11-15,17,19-32H2,1-2H3,(H,36,37)/b10-8-,18-16-. The molecule has 0 spiro atoms. The number of hydrogen-bond donors (Lipinski definition) is 1. The Morgan fingerprint density at radius 3 is 1.59 bits per heavy atom. The van der Waals surface area contributed by atoms with E-state index in [9.17, 15) is 9.59 Å². The molecule has 0 fully saturated rings. The number of allylic oxidation sites excluding steroid dienone is 4. The Kier molecular flexibility index (Phi) is 29.7. The predicted octanol–water partition coefficient (Wildman–Crippen LogP) is 11.3. The van der Waals surface area contributed by atoms with Crippen LogP contribution in [0.3, 0.4) is 0 Å². The minimum Gasteiger partial charge on any atom is -0.481 e. The van der Waals surface area contributed by atoms with Gasteiger partial charge in [0.1, 0.15) is 6.10 Å². The average Bonchev–Trinajstić information content (AvgIpc) is 2.91. The lowest BCUT2D eigenvalue weighted by Gasteiger charge is -2.18. The monoisotopic (exact) mass is 548 g/mol. The maximum Gasteiger partial charge on any atom is 0.306 e. The summed E-state index contributed by atoms with van der Waals surface area (Å²) in [6.07, 6.45) is 37.5. The Labute approximate surface area is 242 Å². The van der Waals surface area contributed by atoms with Crippen LogP contribution in [-0.2, 0) is 14.3 Å². The van der Waals surface area contributed by atoms with Crippen molar-refractivity contribution >= 4 is 11.9 Å². The summed E-state index contributed by atoms with van der Waals surface area (Å²) in [5.41, 5.74) is 0. The van der Waals surface area contributed by atoms with Gasteiger partial charge < -0.3 is 9.84 Å². The molecule has 0 amide bonds. The number of hydrogen-bond acceptors (Lipinski definition) is 3. The first kappa shape index (κ1) is 37.4. The quantitative estimate of drug-likeness (QED) is 0.0550. The van der Waals surface area contributed by atoms with Gasteiger partial charge >= 0.3 is 11.9 Å². The van der Waals surface area contributed by atoms with E-state index in [1.165, 1.54) is 83.5 Å². The van der Waals surface area contributed by atoms with E-state index >= 15 is 0 Å². The molecule has 1 atom stereocenters. The highest BCUT2D eigenvalue weighted by atomic mass is 16.5. The second kappa shape index (κ2) is 31.0. The molecule has 0 aromatic carbocycles. The van der Waals surface area contributed by atoms with Crippen LogP contribution < -0.4 is 0 Å². The molecule has 1 unspecified atom stereocenters. The minimum absolute atomic E-state index is 0.0254. The molecule has 0 aliphatic carbocycles. The van der Waals surface area contributed by atoms with Gasteiger partial charge in [-0.25, -0.2) is 0 Å². The van der Waals surface area contributed by atoms with Gasteiger partial charge in [0.2, 0.25) is 0 Å². The summed E-state index contributed by atoms with van der Waals surface area (Å²) >= 11 is 0. The van der Waals surface area contributed by atoms with Crippen LogP contribution in [0.2, 0.25) is 0 Å². The molecule has 39 heavy (non-hydrogen) atoms. The van der Waals surface area contributed by atoms with E-state index in [0.29, 0.717) is 6.42 Å². The fourth-order valence-electron chi connectivity index (χ4n) is 4.89. The molecule has 0 saturated carbocycles. The van der Waals surface area contributed by atoms with Crippen LogP contribution in [0.5, 0.6) is 0 Å². The maximum absolute atomic E-state index is 12.5. The molecule has 0 heterocycles. The van der Waals surface area contributed by atoms with E-state index in [-0.39, 0.29) is 18.5 Å². The summed E-state index contributed by atoms with van der Waals surface area (Å²) < 4.78 is 5.93. The van der Waals surface area contributed by atoms with Gasteiger partial charge in [-0.3, -0.25) is 9.59 Å². The number of carboxylic acids is 1. The number of ether oxygens (including phenoxy) is 1. The molecular formula is C35H64O4. The number of unbranched alkanes of at least 4 members (excludes halogenated alkanes) is 17. The zero-order chi connectivity index (χ0) is 28.7. The van der Waals surface area contributed by atoms with Crippen LogP contribution in [0.15, 0.2) is 24.3 Å². The maximum atomic E-state index is 12.5. The molecule has 0 aliphatic rings. The lowest BCUT2D eigenvalue weighted by molar-refractivity contribution is -0.150. The first-order chi connectivity index (χ1) is 19.1. The predicted molar refractivity (Wildman–Crippen MR) is 167 cm³/mol. The summed E-state index contributed by atoms with van der Waals surface area (Å²) in [5.74, 6) is -0.731. The van der Waals surface area contributed by atoms with Crippen molar-refractivity contribution in [1.29, 1.82) is 0 Å². The van der Waals surface area contributed by atoms with E-state index in [0.717, 1.165) is 70.6 Å². The first-order valence-corrected chi connectivity index (χ1v) is 16.8. The fourth-order valence-corrected chi connectivity index (χ4v) is 4.89. The number of carbonyl (C=O) groups is 2. The number of rotatable bonds is 30. The third-order valence-corrected chi connectivity index (χ3v) is 7.38. The number of aliphatic carboxylic acids is 1. The zero-order valence-corrected chi connectivity index (χ0v) is 25.9. The Morgan fingerprint density at radius 2 is 1.00 bits per heavy atom. The van der Waals surface area contributed by atoms with Gasteiger partial charge in [-0.2, -0.15) is 0 Å². The van der Waals surface area contributed by atoms with Crippen LogP contribution in [0.25, 0.3) is 0 Å². The fraction of sp³-hybridized carbons (Fsp3) is 0.829. The average molecular weight is 549 g/mol. The lowest BCUT2D eigenvalue weighted by atomic mass is 10.0. The van der Waals surface area contributed by atoms with Crippen molar-refractivity contribution in [3.8, 4) is 0 Å². The van der Waals surface area contributed by atoms with Gasteiger partial charge in [-0.1, -0.05) is 115 Å². The Bertz CT molecular complexity index is 595. The van der Waals surface area contributed by atoms with E-state index in [2.05, 4.69) is 38.2 Å². The molecule has 4 heteroatoms. The Balaban J connectivity index is 4.14. The van der Waals surface area contributed by atoms with E-state index in [4.69, 9.17) is 9.84 Å². The molecule has 0 aromatic heterocycles. The third kappa shape index (κ3) is 30.8. The van der Waals surface area contributed by atoms with Crippen molar-refractivity contribution in [2.24, 2.45) is 0 Å². The van der Waals surface area contributed by atoms with Gasteiger partial charge in [0, 0.05) is 12.8 Å². The van der Waals surface area contributed by atoms with Crippen molar-refractivity contribution in [2.45, 2.75) is 187 Å². The molecule has 0 radical (unpaired) electrons. The summed E-state index contributed by atoms with van der Waals surface area (Å²) in [5, 5.41) is 8.77. The van der Waals surface area contributed by atoms with Crippen molar-refractivity contribution in [1.82, 2.24) is 0 Å². The van der Waals surface area contributed by atoms with E-state index < -0.39 is 5.97 Å². The number of esters is 1. The van der Waals surface area contributed by atoms with Crippen molar-refractivity contribution in [3.05, 3.63) is 24.3 Å². The molecule has 228 valence electrons. The SMILES string of the molecule is CCC/C=C\CCCCCCCC(=O)OC(CCC/C=C\CCCCCCCC)CCCCCCCC(=O)O. The largest absolute Gasteiger partial charge is 0.481 e. The highest BCUT2D eigenvalue weighted by Gasteiger charge is 2.14. The topological polar surface area (TPSA) is 63.6 Å². The van der Waals surface area contributed by atoms with Crippen molar-refractivity contribution in [2.75, 3.05) is 0 Å². The van der Waals surface area contributed by atoms with Crippen LogP contribution in [-0.4, -0.2) is 23.1 Å². The van der Waals surface area contributed by atoms with Crippen molar-refractivity contribution < 1.29 is 19.4 Å². The van der Waals surface area contributed by atoms with Gasteiger partial charge in [0.25, 0.3) is 0 Å². The Morgan fingerprint density at radius 1 is 0.538 bits per heavy atom. The lowest BCUT2D eigenvalue weighted by Crippen LogP contribution is -2.18. The van der Waals surface area contributed by atoms with Gasteiger partial charge in [0.05, 0.1) is 0 Å². The highest BCUT2D eigenvalue weighted by Crippen LogP contribution is 2.17. The number of carboxylic acid groups (broad SMARTS) is 1. The first-order valence-electron chi connectivity index (χ1n) is 16.8. The third-order valence-electron chi connectivity index (χ3n) is 7.38. The number of carbonyl (C=O) groups excluding carboxylic acids is 1. The van der Waals surface area contributed by atoms with Crippen LogP contribution in [0.4, 0.5) is 0 Å². The van der Waals surface area contributed by atoms with Gasteiger partial charge in [0.15, 0.2) is 0 Å². The zero-order valence-electron chi connectivity index (χ0n) is 25.9. The van der Waals surface area contributed by atoms with E-state index in [1.807, 2.05) is 0 Å². The molecule has 1 N–H and O–H groups in total. The molecular weight excluding hydrogens is 484 g/mol. The Hall–Kier alpha value is -1.58. The summed E-state index contributed by atoms with van der Waals surface area (Å²) in [6, 6.07) is 0. The van der Waals surface area contributed by atoms with Gasteiger partial charge in [-0.15, -0.1) is 0 Å². The smallest absolute Gasteiger partial charge is 0.306 e. The minimum atomic E-state index is -0.706. The second-order valence-corrected chi connectivity index (χ2v) is 11.3. The molecule has 0 saturated heterocycles. The van der Waals surface area contributed by atoms with Crippen LogP contribution in [0, 0.1) is 0 Å². The van der Waals surface area contributed by atoms with Gasteiger partial charge in [-0.05, 0) is 77.0 Å².